The number of hydrogen-bond donors (Lipinski definition) is 3. The SMILES string of the molecule is C=C[C@]1(C)C[C@@H](OC(=O)CS[C@H]2C[C@H](NCC)CC[C@@H]2O)[C@]2(C)[C@H](C)CC[C@]3(CCC(=O)[C@H]32)[C@@H](C)[C@@H]1O. The third kappa shape index (κ3) is 4.96. The summed E-state index contributed by atoms with van der Waals surface area (Å²) >= 11 is 1.49. The third-order valence-corrected chi connectivity index (χ3v) is 12.6. The highest BCUT2D eigenvalue weighted by Gasteiger charge is 2.68. The first-order valence-corrected chi connectivity index (χ1v) is 15.5. The molecule has 37 heavy (non-hydrogen) atoms. The quantitative estimate of drug-likeness (QED) is 0.326. The zero-order valence-corrected chi connectivity index (χ0v) is 24.3. The van der Waals surface area contributed by atoms with Gasteiger partial charge in [0.2, 0.25) is 0 Å². The Balaban J connectivity index is 1.59. The van der Waals surface area contributed by atoms with E-state index in [0.717, 1.165) is 45.1 Å². The van der Waals surface area contributed by atoms with E-state index in [-0.39, 0.29) is 45.9 Å². The van der Waals surface area contributed by atoms with Crippen LogP contribution in [0.2, 0.25) is 0 Å². The highest BCUT2D eigenvalue weighted by Crippen LogP contribution is 2.68. The lowest BCUT2D eigenvalue weighted by Crippen LogP contribution is -2.63. The van der Waals surface area contributed by atoms with Gasteiger partial charge in [-0.05, 0) is 68.7 Å². The van der Waals surface area contributed by atoms with Crippen LogP contribution < -0.4 is 5.32 Å². The number of thioether (sulfide) groups is 1. The first-order chi connectivity index (χ1) is 17.4. The van der Waals surface area contributed by atoms with E-state index in [2.05, 4.69) is 39.6 Å². The van der Waals surface area contributed by atoms with Crippen molar-refractivity contribution in [3.05, 3.63) is 12.7 Å². The lowest BCUT2D eigenvalue weighted by atomic mass is 9.44. The van der Waals surface area contributed by atoms with Gasteiger partial charge in [0.05, 0.1) is 18.0 Å². The molecule has 0 amide bonds. The van der Waals surface area contributed by atoms with Crippen LogP contribution in [-0.4, -0.2) is 63.9 Å². The van der Waals surface area contributed by atoms with Crippen molar-refractivity contribution in [3.63, 3.8) is 0 Å². The zero-order valence-electron chi connectivity index (χ0n) is 23.5. The number of rotatable bonds is 7. The van der Waals surface area contributed by atoms with Gasteiger partial charge in [0.15, 0.2) is 0 Å². The molecule has 0 unspecified atom stereocenters. The van der Waals surface area contributed by atoms with E-state index in [0.29, 0.717) is 18.9 Å². The van der Waals surface area contributed by atoms with Gasteiger partial charge >= 0.3 is 5.97 Å². The molecule has 6 nitrogen and oxygen atoms in total. The van der Waals surface area contributed by atoms with Gasteiger partial charge in [0, 0.05) is 34.5 Å². The Labute approximate surface area is 227 Å². The summed E-state index contributed by atoms with van der Waals surface area (Å²) in [4.78, 5) is 26.9. The number of carbonyl (C=O) groups is 2. The predicted molar refractivity (Wildman–Crippen MR) is 148 cm³/mol. The molecule has 0 aliphatic heterocycles. The summed E-state index contributed by atoms with van der Waals surface area (Å²) in [6, 6.07) is 0.368. The average molecular weight is 536 g/mol. The van der Waals surface area contributed by atoms with Crippen LogP contribution in [0.15, 0.2) is 12.7 Å². The molecule has 0 aromatic carbocycles. The second-order valence-corrected chi connectivity index (χ2v) is 14.3. The van der Waals surface area contributed by atoms with Crippen LogP contribution in [0.4, 0.5) is 0 Å². The molecular formula is C30H49NO5S. The van der Waals surface area contributed by atoms with E-state index in [9.17, 15) is 19.8 Å². The summed E-state index contributed by atoms with van der Waals surface area (Å²) in [6.07, 6.45) is 6.48. The molecular weight excluding hydrogens is 486 g/mol. The molecule has 3 N–H and O–H groups in total. The maximum absolute atomic E-state index is 13.5. The number of aliphatic hydroxyl groups excluding tert-OH is 2. The zero-order chi connectivity index (χ0) is 27.2. The Bertz CT molecular complexity index is 882. The van der Waals surface area contributed by atoms with Gasteiger partial charge in [-0.1, -0.05) is 40.7 Å². The molecule has 4 saturated carbocycles. The van der Waals surface area contributed by atoms with Crippen LogP contribution in [0.3, 0.4) is 0 Å². The minimum atomic E-state index is -0.660. The number of esters is 1. The number of ether oxygens (including phenoxy) is 1. The van der Waals surface area contributed by atoms with E-state index < -0.39 is 29.1 Å². The largest absolute Gasteiger partial charge is 0.461 e. The first kappa shape index (κ1) is 29.1. The molecule has 7 heteroatoms. The number of ketones is 1. The summed E-state index contributed by atoms with van der Waals surface area (Å²) in [5, 5.41) is 25.7. The predicted octanol–water partition coefficient (Wildman–Crippen LogP) is 4.52. The molecule has 2 bridgehead atoms. The van der Waals surface area contributed by atoms with Crippen molar-refractivity contribution in [2.24, 2.45) is 34.0 Å². The van der Waals surface area contributed by atoms with Crippen LogP contribution in [0, 0.1) is 34.0 Å². The maximum atomic E-state index is 13.5. The van der Waals surface area contributed by atoms with Gasteiger partial charge in [-0.2, -0.15) is 0 Å². The summed E-state index contributed by atoms with van der Waals surface area (Å²) < 4.78 is 6.35. The van der Waals surface area contributed by atoms with Gasteiger partial charge in [-0.15, -0.1) is 18.3 Å². The molecule has 0 aromatic heterocycles. The topological polar surface area (TPSA) is 95.9 Å². The van der Waals surface area contributed by atoms with E-state index in [1.165, 1.54) is 11.8 Å². The minimum absolute atomic E-state index is 0.00273. The highest BCUT2D eigenvalue weighted by atomic mass is 32.2. The molecule has 11 atom stereocenters. The molecule has 210 valence electrons. The average Bonchev–Trinajstić information content (AvgIpc) is 3.23. The second-order valence-electron chi connectivity index (χ2n) is 13.0. The number of aliphatic hydroxyl groups is 2. The molecule has 0 radical (unpaired) electrons. The molecule has 0 heterocycles. The molecule has 4 aliphatic rings. The van der Waals surface area contributed by atoms with Crippen molar-refractivity contribution < 1.29 is 24.5 Å². The van der Waals surface area contributed by atoms with Gasteiger partial charge < -0.3 is 20.3 Å². The summed E-state index contributed by atoms with van der Waals surface area (Å²) in [5.41, 5.74) is -1.39. The number of hydrogen-bond acceptors (Lipinski definition) is 7. The maximum Gasteiger partial charge on any atom is 0.316 e. The summed E-state index contributed by atoms with van der Waals surface area (Å²) in [5.74, 6) is 0.117. The van der Waals surface area contributed by atoms with E-state index in [1.54, 1.807) is 0 Å². The lowest BCUT2D eigenvalue weighted by molar-refractivity contribution is -0.205. The van der Waals surface area contributed by atoms with Crippen molar-refractivity contribution in [2.75, 3.05) is 12.3 Å². The fourth-order valence-corrected chi connectivity index (χ4v) is 9.78. The van der Waals surface area contributed by atoms with Crippen LogP contribution in [0.5, 0.6) is 0 Å². The van der Waals surface area contributed by atoms with Crippen molar-refractivity contribution in [2.45, 2.75) is 116 Å². The van der Waals surface area contributed by atoms with Gasteiger partial charge in [-0.25, -0.2) is 0 Å². The van der Waals surface area contributed by atoms with Crippen molar-refractivity contribution >= 4 is 23.5 Å². The summed E-state index contributed by atoms with van der Waals surface area (Å²) in [7, 11) is 0. The van der Waals surface area contributed by atoms with Crippen molar-refractivity contribution in [3.8, 4) is 0 Å². The summed E-state index contributed by atoms with van der Waals surface area (Å²) in [6.45, 7) is 15.6. The monoisotopic (exact) mass is 535 g/mol. The van der Waals surface area contributed by atoms with E-state index in [1.807, 2.05) is 13.0 Å². The molecule has 4 fully saturated rings. The van der Waals surface area contributed by atoms with E-state index >= 15 is 0 Å². The fourth-order valence-electron chi connectivity index (χ4n) is 8.64. The lowest BCUT2D eigenvalue weighted by Gasteiger charge is -2.61. The van der Waals surface area contributed by atoms with Crippen LogP contribution in [0.1, 0.15) is 86.0 Å². The third-order valence-electron chi connectivity index (χ3n) is 11.2. The Morgan fingerprint density at radius 1 is 1.22 bits per heavy atom. The molecule has 4 rings (SSSR count). The van der Waals surface area contributed by atoms with Crippen molar-refractivity contribution in [1.29, 1.82) is 0 Å². The van der Waals surface area contributed by atoms with Crippen molar-refractivity contribution in [1.82, 2.24) is 5.32 Å². The standard InChI is InChI=1S/C30H49NO5S/c1-7-28(5)16-24(36-25(34)17-37-23-15-20(31-8-2)9-10-21(23)32)29(6)18(3)11-13-30(19(4)27(28)35)14-12-22(33)26(29)30/h7,18-21,23-24,26-27,31-32,35H,1,8-17H2,2-6H3/t18-,19+,20-,21+,23+,24-,26+,27+,28-,29+,30+/m1/s1. The Morgan fingerprint density at radius 2 is 1.95 bits per heavy atom. The minimum Gasteiger partial charge on any atom is -0.461 e. The van der Waals surface area contributed by atoms with Gasteiger partial charge in [0.25, 0.3) is 0 Å². The molecule has 0 spiro atoms. The second kappa shape index (κ2) is 10.9. The number of Topliss-reactive ketones (excluding diaryl/α,β-unsaturated/α-hetero) is 1. The Morgan fingerprint density at radius 3 is 2.62 bits per heavy atom. The number of nitrogens with one attached hydrogen (secondary N) is 1. The van der Waals surface area contributed by atoms with Gasteiger partial charge in [-0.3, -0.25) is 9.59 Å². The van der Waals surface area contributed by atoms with Crippen LogP contribution in [0.25, 0.3) is 0 Å². The fraction of sp³-hybridized carbons (Fsp3) is 0.867. The Kier molecular flexibility index (Phi) is 8.60. The molecule has 4 aliphatic carbocycles. The number of carbonyl (C=O) groups excluding carboxylic acids is 2. The van der Waals surface area contributed by atoms with Crippen LogP contribution in [-0.2, 0) is 14.3 Å². The smallest absolute Gasteiger partial charge is 0.316 e. The molecule has 0 aromatic rings. The first-order valence-electron chi connectivity index (χ1n) is 14.5. The highest BCUT2D eigenvalue weighted by molar-refractivity contribution is 8.00. The van der Waals surface area contributed by atoms with E-state index in [4.69, 9.17) is 4.74 Å². The Hall–Kier alpha value is -0.890. The van der Waals surface area contributed by atoms with Crippen LogP contribution >= 0.6 is 11.8 Å². The normalized spacial score (nSPS) is 48.0. The van der Waals surface area contributed by atoms with Gasteiger partial charge in [0.1, 0.15) is 11.9 Å². The molecule has 0 saturated heterocycles.